The summed E-state index contributed by atoms with van der Waals surface area (Å²) in [6.45, 7) is 2.08. The molecule has 0 fully saturated rings. The molecule has 0 aromatic heterocycles. The van der Waals surface area contributed by atoms with Crippen molar-refractivity contribution in [1.82, 2.24) is 0 Å². The molecule has 1 atom stereocenters. The van der Waals surface area contributed by atoms with Crippen molar-refractivity contribution in [3.8, 4) is 0 Å². The van der Waals surface area contributed by atoms with Gasteiger partial charge in [-0.15, -0.1) is 11.8 Å². The quantitative estimate of drug-likeness (QED) is 0.828. The summed E-state index contributed by atoms with van der Waals surface area (Å²) in [6.07, 6.45) is 0. The average Bonchev–Trinajstić information content (AvgIpc) is 2.49. The van der Waals surface area contributed by atoms with Gasteiger partial charge in [-0.1, -0.05) is 49.4 Å². The third-order valence-corrected chi connectivity index (χ3v) is 3.84. The average molecular weight is 286 g/mol. The lowest BCUT2D eigenvalue weighted by atomic mass is 10.1. The van der Waals surface area contributed by atoms with E-state index in [1.807, 2.05) is 54.6 Å². The first-order valence-corrected chi connectivity index (χ1v) is 7.54. The number of carbonyl (C=O) groups is 1. The van der Waals surface area contributed by atoms with E-state index >= 15 is 0 Å². The van der Waals surface area contributed by atoms with E-state index in [9.17, 15) is 4.79 Å². The Bertz CT molecular complexity index is 572. The van der Waals surface area contributed by atoms with Gasteiger partial charge in [-0.05, 0) is 23.4 Å². The van der Waals surface area contributed by atoms with Crippen LogP contribution in [0, 0.1) is 0 Å². The van der Waals surface area contributed by atoms with Gasteiger partial charge in [0.25, 0.3) is 0 Å². The van der Waals surface area contributed by atoms with Crippen LogP contribution in [0.5, 0.6) is 0 Å². The number of rotatable bonds is 5. The highest BCUT2D eigenvalue weighted by atomic mass is 32.2. The first-order valence-electron chi connectivity index (χ1n) is 6.55. The molecule has 0 radical (unpaired) electrons. The molecule has 20 heavy (non-hydrogen) atoms. The fourth-order valence-corrected chi connectivity index (χ4v) is 2.63. The molecule has 0 spiro atoms. The van der Waals surface area contributed by atoms with E-state index < -0.39 is 6.04 Å². The molecule has 3 nitrogen and oxygen atoms in total. The summed E-state index contributed by atoms with van der Waals surface area (Å²) in [6, 6.07) is 16.5. The highest BCUT2D eigenvalue weighted by molar-refractivity contribution is 7.99. The maximum Gasteiger partial charge on any atom is 0.245 e. The molecule has 4 heteroatoms. The first kappa shape index (κ1) is 14.6. The minimum Gasteiger partial charge on any atom is -0.323 e. The molecule has 104 valence electrons. The normalized spacial score (nSPS) is 11.9. The van der Waals surface area contributed by atoms with Crippen molar-refractivity contribution < 1.29 is 4.79 Å². The summed E-state index contributed by atoms with van der Waals surface area (Å²) >= 11 is 1.70. The molecule has 0 aliphatic rings. The van der Waals surface area contributed by atoms with Gasteiger partial charge in [-0.2, -0.15) is 0 Å². The molecular formula is C16H18N2OS. The van der Waals surface area contributed by atoms with Crippen LogP contribution in [0.4, 0.5) is 5.69 Å². The number of benzene rings is 2. The molecule has 2 aromatic carbocycles. The van der Waals surface area contributed by atoms with E-state index in [2.05, 4.69) is 12.2 Å². The van der Waals surface area contributed by atoms with E-state index in [0.29, 0.717) is 0 Å². The third-order valence-electron chi connectivity index (χ3n) is 2.89. The molecule has 3 N–H and O–H groups in total. The Morgan fingerprint density at radius 3 is 2.50 bits per heavy atom. The lowest BCUT2D eigenvalue weighted by molar-refractivity contribution is -0.117. The van der Waals surface area contributed by atoms with Crippen LogP contribution in [-0.2, 0) is 4.79 Å². The van der Waals surface area contributed by atoms with Crippen molar-refractivity contribution in [1.29, 1.82) is 0 Å². The molecule has 0 saturated heterocycles. The molecule has 0 saturated carbocycles. The minimum absolute atomic E-state index is 0.194. The Labute approximate surface area is 123 Å². The van der Waals surface area contributed by atoms with Gasteiger partial charge in [0, 0.05) is 4.90 Å². The zero-order valence-electron chi connectivity index (χ0n) is 11.4. The lowest BCUT2D eigenvalue weighted by Crippen LogP contribution is -2.27. The zero-order valence-corrected chi connectivity index (χ0v) is 12.2. The van der Waals surface area contributed by atoms with Crippen LogP contribution in [0.25, 0.3) is 0 Å². The lowest BCUT2D eigenvalue weighted by Gasteiger charge is -2.14. The molecule has 0 bridgehead atoms. The van der Waals surface area contributed by atoms with E-state index in [1.54, 1.807) is 11.8 Å². The molecule has 0 aliphatic heterocycles. The monoisotopic (exact) mass is 286 g/mol. The second-order valence-electron chi connectivity index (χ2n) is 4.31. The zero-order chi connectivity index (χ0) is 14.4. The van der Waals surface area contributed by atoms with E-state index in [0.717, 1.165) is 21.9 Å². The van der Waals surface area contributed by atoms with E-state index in [-0.39, 0.29) is 5.91 Å². The van der Waals surface area contributed by atoms with Gasteiger partial charge < -0.3 is 11.1 Å². The largest absolute Gasteiger partial charge is 0.323 e. The fraction of sp³-hybridized carbons (Fsp3) is 0.188. The van der Waals surface area contributed by atoms with Crippen LogP contribution >= 0.6 is 11.8 Å². The van der Waals surface area contributed by atoms with Crippen molar-refractivity contribution in [2.75, 3.05) is 11.1 Å². The number of para-hydroxylation sites is 1. The summed E-state index contributed by atoms with van der Waals surface area (Å²) in [5, 5.41) is 2.91. The van der Waals surface area contributed by atoms with Crippen LogP contribution < -0.4 is 11.1 Å². The standard InChI is InChI=1S/C16H18N2OS/c1-2-20-14-11-7-6-10-13(14)18-16(19)15(17)12-8-4-3-5-9-12/h3-11,15H,2,17H2,1H3,(H,18,19). The van der Waals surface area contributed by atoms with Crippen molar-refractivity contribution >= 4 is 23.4 Å². The number of hydrogen-bond donors (Lipinski definition) is 2. The predicted octanol–water partition coefficient (Wildman–Crippen LogP) is 3.44. The molecule has 1 amide bonds. The Hall–Kier alpha value is -1.78. The molecule has 2 aromatic rings. The Morgan fingerprint density at radius 2 is 1.80 bits per heavy atom. The van der Waals surface area contributed by atoms with Crippen LogP contribution in [0.15, 0.2) is 59.5 Å². The van der Waals surface area contributed by atoms with Crippen molar-refractivity contribution in [3.63, 3.8) is 0 Å². The van der Waals surface area contributed by atoms with Crippen molar-refractivity contribution in [2.24, 2.45) is 5.73 Å². The number of hydrogen-bond acceptors (Lipinski definition) is 3. The van der Waals surface area contributed by atoms with Crippen molar-refractivity contribution in [3.05, 3.63) is 60.2 Å². The van der Waals surface area contributed by atoms with Gasteiger partial charge >= 0.3 is 0 Å². The minimum atomic E-state index is -0.657. The van der Waals surface area contributed by atoms with Crippen LogP contribution in [-0.4, -0.2) is 11.7 Å². The van der Waals surface area contributed by atoms with Crippen molar-refractivity contribution in [2.45, 2.75) is 17.9 Å². The van der Waals surface area contributed by atoms with Gasteiger partial charge in [0.05, 0.1) is 5.69 Å². The summed E-state index contributed by atoms with van der Waals surface area (Å²) in [4.78, 5) is 13.3. The summed E-state index contributed by atoms with van der Waals surface area (Å²) < 4.78 is 0. The van der Waals surface area contributed by atoms with E-state index in [1.165, 1.54) is 0 Å². The molecule has 0 heterocycles. The van der Waals surface area contributed by atoms with Gasteiger partial charge in [-0.25, -0.2) is 0 Å². The van der Waals surface area contributed by atoms with Crippen LogP contribution in [0.3, 0.4) is 0 Å². The van der Waals surface area contributed by atoms with Gasteiger partial charge in [0.1, 0.15) is 6.04 Å². The van der Waals surface area contributed by atoms with Crippen LogP contribution in [0.1, 0.15) is 18.5 Å². The maximum atomic E-state index is 12.2. The number of nitrogens with two attached hydrogens (primary N) is 1. The summed E-state index contributed by atoms with van der Waals surface area (Å²) in [7, 11) is 0. The number of nitrogens with one attached hydrogen (secondary N) is 1. The third kappa shape index (κ3) is 3.62. The van der Waals surface area contributed by atoms with Gasteiger partial charge in [-0.3, -0.25) is 4.79 Å². The molecular weight excluding hydrogens is 268 g/mol. The molecule has 1 unspecified atom stereocenters. The number of thioether (sulfide) groups is 1. The van der Waals surface area contributed by atoms with E-state index in [4.69, 9.17) is 5.73 Å². The first-order chi connectivity index (χ1) is 9.72. The van der Waals surface area contributed by atoms with Crippen LogP contribution in [0.2, 0.25) is 0 Å². The van der Waals surface area contributed by atoms with Gasteiger partial charge in [0.2, 0.25) is 5.91 Å². The number of carbonyl (C=O) groups excluding carboxylic acids is 1. The molecule has 2 rings (SSSR count). The second-order valence-corrected chi connectivity index (χ2v) is 5.61. The predicted molar refractivity (Wildman–Crippen MR) is 84.8 cm³/mol. The Morgan fingerprint density at radius 1 is 1.15 bits per heavy atom. The topological polar surface area (TPSA) is 55.1 Å². The van der Waals surface area contributed by atoms with Gasteiger partial charge in [0.15, 0.2) is 0 Å². The smallest absolute Gasteiger partial charge is 0.245 e. The maximum absolute atomic E-state index is 12.2. The molecule has 0 aliphatic carbocycles. The number of anilines is 1. The Balaban J connectivity index is 2.12. The summed E-state index contributed by atoms with van der Waals surface area (Å²) in [5.74, 6) is 0.762. The summed E-state index contributed by atoms with van der Waals surface area (Å²) in [5.41, 5.74) is 7.62. The number of amides is 1. The highest BCUT2D eigenvalue weighted by Crippen LogP contribution is 2.27. The SMILES string of the molecule is CCSc1ccccc1NC(=O)C(N)c1ccccc1. The second kappa shape index (κ2) is 7.12. The highest BCUT2D eigenvalue weighted by Gasteiger charge is 2.16. The fourth-order valence-electron chi connectivity index (χ4n) is 1.87. The Kier molecular flexibility index (Phi) is 5.21.